The Kier molecular flexibility index (Phi) is 3.80. The first-order chi connectivity index (χ1) is 10.2. The molecule has 0 bridgehead atoms. The van der Waals surface area contributed by atoms with Crippen LogP contribution < -0.4 is 5.32 Å². The predicted molar refractivity (Wildman–Crippen MR) is 84.3 cm³/mol. The highest BCUT2D eigenvalue weighted by Gasteiger charge is 2.15. The number of nitrogens with one attached hydrogen (secondary N) is 1. The predicted octanol–water partition coefficient (Wildman–Crippen LogP) is 3.37. The number of aryl methyl sites for hydroxylation is 3. The van der Waals surface area contributed by atoms with Gasteiger partial charge in [0, 0.05) is 18.6 Å². The molecular formula is C17H21N3O. The van der Waals surface area contributed by atoms with Crippen molar-refractivity contribution in [2.75, 3.05) is 7.05 Å². The van der Waals surface area contributed by atoms with E-state index < -0.39 is 0 Å². The molecule has 1 atom stereocenters. The fourth-order valence-corrected chi connectivity index (χ4v) is 2.70. The third-order valence-electron chi connectivity index (χ3n) is 3.86. The van der Waals surface area contributed by atoms with Crippen LogP contribution in [0.4, 0.5) is 0 Å². The Morgan fingerprint density at radius 3 is 2.90 bits per heavy atom. The highest BCUT2D eigenvalue weighted by molar-refractivity contribution is 5.78. The van der Waals surface area contributed by atoms with Gasteiger partial charge in [0.2, 0.25) is 0 Å². The zero-order valence-electron chi connectivity index (χ0n) is 12.8. The summed E-state index contributed by atoms with van der Waals surface area (Å²) in [5.41, 5.74) is 3.47. The summed E-state index contributed by atoms with van der Waals surface area (Å²) < 4.78 is 7.83. The van der Waals surface area contributed by atoms with Gasteiger partial charge in [0.05, 0.1) is 12.2 Å². The van der Waals surface area contributed by atoms with Gasteiger partial charge in [-0.1, -0.05) is 11.6 Å². The maximum Gasteiger partial charge on any atom is 0.134 e. The molecule has 3 aromatic rings. The van der Waals surface area contributed by atoms with Crippen LogP contribution in [0, 0.1) is 6.92 Å². The maximum atomic E-state index is 5.99. The maximum absolute atomic E-state index is 5.99. The van der Waals surface area contributed by atoms with Crippen LogP contribution in [0.15, 0.2) is 41.1 Å². The molecule has 110 valence electrons. The van der Waals surface area contributed by atoms with Gasteiger partial charge in [-0.3, -0.25) is 4.68 Å². The molecular weight excluding hydrogens is 262 g/mol. The van der Waals surface area contributed by atoms with Crippen LogP contribution in [-0.4, -0.2) is 16.8 Å². The minimum Gasteiger partial charge on any atom is -0.459 e. The minimum atomic E-state index is 0.220. The number of fused-ring (bicyclic) bond motifs is 1. The smallest absolute Gasteiger partial charge is 0.134 e. The molecule has 1 N–H and O–H groups in total. The van der Waals surface area contributed by atoms with Crippen LogP contribution in [0.2, 0.25) is 0 Å². The third-order valence-corrected chi connectivity index (χ3v) is 3.86. The topological polar surface area (TPSA) is 43.0 Å². The molecule has 4 heteroatoms. The molecule has 0 amide bonds. The molecule has 2 heterocycles. The molecule has 0 spiro atoms. The Hall–Kier alpha value is -2.07. The van der Waals surface area contributed by atoms with E-state index in [9.17, 15) is 0 Å². The number of aromatic nitrogens is 2. The minimum absolute atomic E-state index is 0.220. The van der Waals surface area contributed by atoms with Crippen molar-refractivity contribution in [1.29, 1.82) is 0 Å². The molecule has 0 aliphatic heterocycles. The highest BCUT2D eigenvalue weighted by Crippen LogP contribution is 2.27. The van der Waals surface area contributed by atoms with Gasteiger partial charge in [-0.25, -0.2) is 0 Å². The van der Waals surface area contributed by atoms with E-state index in [1.165, 1.54) is 16.5 Å². The van der Waals surface area contributed by atoms with Crippen molar-refractivity contribution in [3.05, 3.63) is 53.5 Å². The fourth-order valence-electron chi connectivity index (χ4n) is 2.70. The summed E-state index contributed by atoms with van der Waals surface area (Å²) in [5, 5.41) is 8.73. The van der Waals surface area contributed by atoms with E-state index in [4.69, 9.17) is 4.42 Å². The second-order valence-electron chi connectivity index (χ2n) is 5.59. The molecule has 0 radical (unpaired) electrons. The van der Waals surface area contributed by atoms with Crippen LogP contribution in [0.3, 0.4) is 0 Å². The van der Waals surface area contributed by atoms with E-state index >= 15 is 0 Å². The molecule has 1 aromatic carbocycles. The average molecular weight is 283 g/mol. The summed E-state index contributed by atoms with van der Waals surface area (Å²) in [7, 11) is 3.92. The molecule has 21 heavy (non-hydrogen) atoms. The molecule has 0 saturated carbocycles. The number of hydrogen-bond acceptors (Lipinski definition) is 3. The lowest BCUT2D eigenvalue weighted by Gasteiger charge is -2.12. The molecule has 0 aliphatic carbocycles. The summed E-state index contributed by atoms with van der Waals surface area (Å²) in [6.45, 7) is 2.10. The van der Waals surface area contributed by atoms with Crippen molar-refractivity contribution in [3.63, 3.8) is 0 Å². The standard InChI is InChI=1S/C17H21N3O/c1-12-4-7-16-14(8-12)9-17(21-16)15(18-2)6-5-13-10-19-20(3)11-13/h4,7-11,15,18H,5-6H2,1-3H3. The Labute approximate surface area is 124 Å². The lowest BCUT2D eigenvalue weighted by atomic mass is 10.1. The van der Waals surface area contributed by atoms with E-state index in [1.54, 1.807) is 0 Å². The highest BCUT2D eigenvalue weighted by atomic mass is 16.3. The van der Waals surface area contributed by atoms with Crippen molar-refractivity contribution in [2.45, 2.75) is 25.8 Å². The van der Waals surface area contributed by atoms with Gasteiger partial charge in [-0.2, -0.15) is 5.10 Å². The molecule has 2 aromatic heterocycles. The van der Waals surface area contributed by atoms with Crippen LogP contribution in [-0.2, 0) is 13.5 Å². The van der Waals surface area contributed by atoms with Crippen molar-refractivity contribution in [3.8, 4) is 0 Å². The Balaban J connectivity index is 1.77. The first-order valence-electron chi connectivity index (χ1n) is 7.30. The van der Waals surface area contributed by atoms with Crippen molar-refractivity contribution >= 4 is 11.0 Å². The molecule has 0 fully saturated rings. The lowest BCUT2D eigenvalue weighted by molar-refractivity contribution is 0.433. The summed E-state index contributed by atoms with van der Waals surface area (Å²) in [6, 6.07) is 8.66. The van der Waals surface area contributed by atoms with Gasteiger partial charge in [0.25, 0.3) is 0 Å². The number of rotatable bonds is 5. The van der Waals surface area contributed by atoms with Gasteiger partial charge in [-0.05, 0) is 50.6 Å². The summed E-state index contributed by atoms with van der Waals surface area (Å²) in [5.74, 6) is 1.00. The summed E-state index contributed by atoms with van der Waals surface area (Å²) in [4.78, 5) is 0. The fraction of sp³-hybridized carbons (Fsp3) is 0.353. The lowest BCUT2D eigenvalue weighted by Crippen LogP contribution is -2.16. The van der Waals surface area contributed by atoms with Crippen LogP contribution in [0.5, 0.6) is 0 Å². The number of furan rings is 1. The average Bonchev–Trinajstić information content (AvgIpc) is 3.05. The number of hydrogen-bond donors (Lipinski definition) is 1. The number of benzene rings is 1. The second-order valence-corrected chi connectivity index (χ2v) is 5.59. The first kappa shape index (κ1) is 13.9. The quantitative estimate of drug-likeness (QED) is 0.780. The van der Waals surface area contributed by atoms with E-state index in [0.29, 0.717) is 0 Å². The zero-order valence-corrected chi connectivity index (χ0v) is 12.8. The van der Waals surface area contributed by atoms with Gasteiger partial charge >= 0.3 is 0 Å². The van der Waals surface area contributed by atoms with Crippen molar-refractivity contribution in [2.24, 2.45) is 7.05 Å². The van der Waals surface area contributed by atoms with E-state index in [-0.39, 0.29) is 6.04 Å². The monoisotopic (exact) mass is 283 g/mol. The largest absolute Gasteiger partial charge is 0.459 e. The Morgan fingerprint density at radius 2 is 2.19 bits per heavy atom. The second kappa shape index (κ2) is 5.74. The summed E-state index contributed by atoms with van der Waals surface area (Å²) in [6.07, 6.45) is 5.96. The third kappa shape index (κ3) is 3.00. The molecule has 0 saturated heterocycles. The van der Waals surface area contributed by atoms with Crippen LogP contribution in [0.25, 0.3) is 11.0 Å². The SMILES string of the molecule is CNC(CCc1cnn(C)c1)c1cc2cc(C)ccc2o1. The molecule has 0 aliphatic rings. The van der Waals surface area contributed by atoms with Gasteiger partial charge < -0.3 is 9.73 Å². The number of nitrogens with zero attached hydrogens (tertiary/aromatic N) is 2. The molecule has 1 unspecified atom stereocenters. The van der Waals surface area contributed by atoms with Gasteiger partial charge in [0.1, 0.15) is 11.3 Å². The molecule has 4 nitrogen and oxygen atoms in total. The van der Waals surface area contributed by atoms with Gasteiger partial charge in [0.15, 0.2) is 0 Å². The van der Waals surface area contributed by atoms with Crippen molar-refractivity contribution in [1.82, 2.24) is 15.1 Å². The Bertz CT molecular complexity index is 741. The zero-order chi connectivity index (χ0) is 14.8. The summed E-state index contributed by atoms with van der Waals surface area (Å²) >= 11 is 0. The molecule has 3 rings (SSSR count). The normalized spacial score (nSPS) is 12.9. The van der Waals surface area contributed by atoms with Crippen molar-refractivity contribution < 1.29 is 4.42 Å². The van der Waals surface area contributed by atoms with Crippen LogP contribution in [0.1, 0.15) is 29.3 Å². The first-order valence-corrected chi connectivity index (χ1v) is 7.30. The van der Waals surface area contributed by atoms with Crippen LogP contribution >= 0.6 is 0 Å². The van der Waals surface area contributed by atoms with Gasteiger partial charge in [-0.15, -0.1) is 0 Å². The van der Waals surface area contributed by atoms with E-state index in [0.717, 1.165) is 24.2 Å². The Morgan fingerprint density at radius 1 is 1.33 bits per heavy atom. The van der Waals surface area contributed by atoms with E-state index in [2.05, 4.69) is 41.7 Å². The van der Waals surface area contributed by atoms with E-state index in [1.807, 2.05) is 31.0 Å².